The molecule has 398 valence electrons. The minimum Gasteiger partial charge on any atom is -0.480 e. The number of cyclic esters (lactones) is 2. The van der Waals surface area contributed by atoms with Crippen molar-refractivity contribution in [2.45, 2.75) is 132 Å². The van der Waals surface area contributed by atoms with Crippen LogP contribution in [0.5, 0.6) is 0 Å². The molecule has 0 aromatic carbocycles. The van der Waals surface area contributed by atoms with Crippen molar-refractivity contribution >= 4 is 63.4 Å². The maximum absolute atomic E-state index is 14.2. The summed E-state index contributed by atoms with van der Waals surface area (Å²) < 4.78 is 41.5. The average Bonchev–Trinajstić information content (AvgIpc) is 4.14. The highest BCUT2D eigenvalue weighted by Crippen LogP contribution is 2.70. The number of likely N-dealkylation sites (N-methyl/N-ethyl adjacent to an activating group) is 1. The van der Waals surface area contributed by atoms with Gasteiger partial charge >= 0.3 is 30.0 Å². The van der Waals surface area contributed by atoms with Gasteiger partial charge in [-0.25, -0.2) is 24.0 Å². The van der Waals surface area contributed by atoms with Gasteiger partial charge in [-0.3, -0.25) is 9.59 Å². The van der Waals surface area contributed by atoms with Crippen molar-refractivity contribution in [3.63, 3.8) is 0 Å². The third-order valence-corrected chi connectivity index (χ3v) is 16.4. The fraction of sp³-hybridized carbons (Fsp3) is 0.717. The van der Waals surface area contributed by atoms with Crippen molar-refractivity contribution in [3.8, 4) is 0 Å². The Bertz CT molecular complexity index is 2000. The van der Waals surface area contributed by atoms with Gasteiger partial charge in [0.15, 0.2) is 0 Å². The van der Waals surface area contributed by atoms with E-state index in [-0.39, 0.29) is 56.7 Å². The monoisotopic (exact) mass is 1050 g/mol. The lowest BCUT2D eigenvalue weighted by Gasteiger charge is -2.65. The number of hydrogen-bond acceptors (Lipinski definition) is 22. The number of allylic oxidation sites excluding steroid dienone is 3. The Balaban J connectivity index is 1.14. The van der Waals surface area contributed by atoms with Gasteiger partial charge in [0.25, 0.3) is 0 Å². The van der Waals surface area contributed by atoms with E-state index in [2.05, 4.69) is 16.0 Å². The Morgan fingerprint density at radius 1 is 0.930 bits per heavy atom. The van der Waals surface area contributed by atoms with Crippen molar-refractivity contribution in [1.82, 2.24) is 16.0 Å². The van der Waals surface area contributed by atoms with Gasteiger partial charge in [0.2, 0.25) is 17.9 Å². The molecule has 2 saturated heterocycles. The molecule has 3 fully saturated rings. The maximum atomic E-state index is 14.2. The Kier molecular flexibility index (Phi) is 21.1. The smallest absolute Gasteiger partial charge is 0.480 e. The molecule has 5 aliphatic rings. The molecule has 3 aliphatic heterocycles. The van der Waals surface area contributed by atoms with Gasteiger partial charge in [-0.1, -0.05) is 59.2 Å². The number of epoxide rings is 1. The molecule has 71 heavy (non-hydrogen) atoms. The summed E-state index contributed by atoms with van der Waals surface area (Å²) in [5.74, 6) is -5.65. The van der Waals surface area contributed by atoms with Crippen LogP contribution in [-0.4, -0.2) is 197 Å². The summed E-state index contributed by atoms with van der Waals surface area (Å²) in [6.45, 7) is 4.02. The number of hydrogen-bond donors (Lipinski definition) is 9. The van der Waals surface area contributed by atoms with Gasteiger partial charge in [0.05, 0.1) is 49.6 Å². The second-order valence-corrected chi connectivity index (χ2v) is 21.1. The first kappa shape index (κ1) is 57.6. The first-order valence-corrected chi connectivity index (χ1v) is 26.0. The quantitative estimate of drug-likeness (QED) is 0.0187. The zero-order valence-electron chi connectivity index (χ0n) is 40.1. The molecule has 2 spiro atoms. The lowest BCUT2D eigenvalue weighted by molar-refractivity contribution is -0.294. The molecule has 23 nitrogen and oxygen atoms in total. The topological polar surface area (TPSA) is 345 Å². The number of carbonyl (C=O) groups excluding carboxylic acids is 6. The molecule has 2 amide bonds. The largest absolute Gasteiger partial charge is 0.509 e. The highest BCUT2D eigenvalue weighted by Gasteiger charge is 2.80. The molecule has 2 bridgehead atoms. The highest BCUT2D eigenvalue weighted by atomic mass is 33.1. The number of nitrogens with one attached hydrogen (secondary N) is 3. The molecule has 1 saturated carbocycles. The van der Waals surface area contributed by atoms with Crippen molar-refractivity contribution in [1.29, 1.82) is 0 Å². The summed E-state index contributed by atoms with van der Waals surface area (Å²) in [5, 5.41) is 65.3. The van der Waals surface area contributed by atoms with Crippen LogP contribution in [0.25, 0.3) is 0 Å². The number of rotatable bonds is 20. The Morgan fingerprint density at radius 3 is 2.30 bits per heavy atom. The molecule has 9 N–H and O–H groups in total. The summed E-state index contributed by atoms with van der Waals surface area (Å²) in [7, 11) is 3.61. The zero-order chi connectivity index (χ0) is 52.1. The maximum Gasteiger partial charge on any atom is 0.509 e. The number of esters is 3. The fourth-order valence-electron chi connectivity index (χ4n) is 9.62. The van der Waals surface area contributed by atoms with Gasteiger partial charge in [-0.15, -0.1) is 0 Å². The first-order valence-electron chi connectivity index (χ1n) is 23.5. The predicted molar refractivity (Wildman–Crippen MR) is 251 cm³/mol. The van der Waals surface area contributed by atoms with E-state index in [1.165, 1.54) is 25.3 Å². The Hall–Kier alpha value is -4.31. The molecule has 0 aromatic heterocycles. The van der Waals surface area contributed by atoms with E-state index in [0.717, 1.165) is 33.2 Å². The number of aliphatic hydroxyl groups excluding tert-OH is 5. The van der Waals surface area contributed by atoms with E-state index in [1.54, 1.807) is 6.92 Å². The van der Waals surface area contributed by atoms with Crippen molar-refractivity contribution < 1.29 is 97.4 Å². The normalized spacial score (nSPS) is 32.2. The fourth-order valence-corrected chi connectivity index (χ4v) is 11.6. The number of carboxylic acid groups (broad SMARTS) is 1. The second-order valence-electron chi connectivity index (χ2n) is 18.5. The molecule has 14 atom stereocenters. The average molecular weight is 1050 g/mol. The zero-order valence-corrected chi connectivity index (χ0v) is 41.7. The standard InChI is InChI=1S/C46H67N3O20S2/c1-25-13-15-45-23-65-42(61)39(26(2)14-16-63-35(54)7-5-6-8-36(55)68-31-10-11-32(67-33(45)19-25)46(24-66-46)44(31,45)3)69-43(62)64-17-18-70-71-22-28(41(59)60)49-40(58)27(47-4)9-12-34(53)48-20-29(51)37(56)38(57)30(52)21-50/h5-8,19,26-33,37-39,47,50-52,56-57H,9-18,20-24H2,1-4H3,(H,48,53)(H,49,58)(H,59,60)/b7-5+,8-6-/t26-,27+,28+,29+,30-,31-,32-,33-,37-,38-,39+,44-,45-,46+/m1/s1. The summed E-state index contributed by atoms with van der Waals surface area (Å²) in [6, 6.07) is -2.37. The lowest BCUT2D eigenvalue weighted by Crippen LogP contribution is -2.74. The summed E-state index contributed by atoms with van der Waals surface area (Å²) >= 11 is 0. The van der Waals surface area contributed by atoms with E-state index < -0.39 is 132 Å². The van der Waals surface area contributed by atoms with Gasteiger partial charge in [-0.05, 0) is 52.5 Å². The molecular formula is C46H67N3O20S2. The molecule has 2 aliphatic carbocycles. The van der Waals surface area contributed by atoms with Crippen LogP contribution in [0.2, 0.25) is 0 Å². The van der Waals surface area contributed by atoms with Gasteiger partial charge in [-0.2, -0.15) is 0 Å². The second kappa shape index (κ2) is 26.1. The first-order chi connectivity index (χ1) is 33.7. The molecule has 25 heteroatoms. The van der Waals surface area contributed by atoms with Crippen molar-refractivity contribution in [2.75, 3.05) is 58.1 Å². The van der Waals surface area contributed by atoms with Crippen molar-refractivity contribution in [3.05, 3.63) is 36.0 Å². The van der Waals surface area contributed by atoms with Crippen LogP contribution in [0.3, 0.4) is 0 Å². The van der Waals surface area contributed by atoms with Crippen molar-refractivity contribution in [2.24, 2.45) is 16.7 Å². The minimum absolute atomic E-state index is 0.0771. The number of aliphatic hydroxyl groups is 5. The van der Waals surface area contributed by atoms with Crippen LogP contribution in [0.15, 0.2) is 36.0 Å². The third kappa shape index (κ3) is 14.1. The lowest BCUT2D eigenvalue weighted by atomic mass is 9.45. The summed E-state index contributed by atoms with van der Waals surface area (Å²) in [5.41, 5.74) is -1.53. The Labute approximate surface area is 418 Å². The van der Waals surface area contributed by atoms with Crippen LogP contribution in [0.4, 0.5) is 4.79 Å². The summed E-state index contributed by atoms with van der Waals surface area (Å²) in [4.78, 5) is 90.4. The van der Waals surface area contributed by atoms with Crippen LogP contribution in [0, 0.1) is 16.7 Å². The van der Waals surface area contributed by atoms with Crippen LogP contribution < -0.4 is 16.0 Å². The number of aliphatic carboxylic acids is 1. The number of carbonyl (C=O) groups is 7. The third-order valence-electron chi connectivity index (χ3n) is 14.1. The van der Waals surface area contributed by atoms with E-state index in [9.17, 15) is 59.1 Å². The summed E-state index contributed by atoms with van der Waals surface area (Å²) in [6.07, 6.45) is -2.31. The SMILES string of the molecule is CN[C@@H](CCC(=O)NC[C@H](O)[C@@H](O)[C@H](O)[C@H](O)CO)C(=O)N[C@@H](CSSCCOC(=O)O[C@@H]1C(=O)OC[C@]23CCC(C)=C[C@H]2O[C@@H]2CC[C@@H](OC(=O)/C=C\C=C\C(=O)OCC[C@H]1C)[C@@]3(C)[C@]21CO1)C(=O)O. The van der Waals surface area contributed by atoms with Crippen LogP contribution in [-0.2, 0) is 61.9 Å². The van der Waals surface area contributed by atoms with E-state index in [4.69, 9.17) is 38.3 Å². The van der Waals surface area contributed by atoms with Crippen LogP contribution in [0.1, 0.15) is 65.7 Å². The van der Waals surface area contributed by atoms with Gasteiger partial charge in [0.1, 0.15) is 49.3 Å². The molecule has 3 heterocycles. The van der Waals surface area contributed by atoms with E-state index in [1.807, 2.05) is 19.9 Å². The number of ether oxygens (including phenoxy) is 7. The van der Waals surface area contributed by atoms with Gasteiger partial charge < -0.3 is 79.7 Å². The number of amides is 2. The highest BCUT2D eigenvalue weighted by molar-refractivity contribution is 8.76. The molecule has 0 unspecified atom stereocenters. The number of carboxylic acids is 1. The van der Waals surface area contributed by atoms with E-state index in [0.29, 0.717) is 32.3 Å². The predicted octanol–water partition coefficient (Wildman–Crippen LogP) is -0.407. The molecule has 0 radical (unpaired) electrons. The minimum atomic E-state index is -1.88. The van der Waals surface area contributed by atoms with Gasteiger partial charge in [0, 0.05) is 48.0 Å². The van der Waals surface area contributed by atoms with Crippen LogP contribution >= 0.6 is 21.6 Å². The van der Waals surface area contributed by atoms with E-state index >= 15 is 0 Å². The molecular weight excluding hydrogens is 979 g/mol. The molecule has 0 aromatic rings. The Morgan fingerprint density at radius 2 is 1.62 bits per heavy atom. The molecule has 5 rings (SSSR count).